The summed E-state index contributed by atoms with van der Waals surface area (Å²) in [5.74, 6) is 0.472. The molecule has 2 unspecified atom stereocenters. The molecular weight excluding hydrogens is 784 g/mol. The van der Waals surface area contributed by atoms with Crippen LogP contribution in [0.3, 0.4) is 0 Å². The molecule has 2 aromatic heterocycles. The van der Waals surface area contributed by atoms with Crippen LogP contribution in [0, 0.1) is 5.82 Å². The molecule has 0 saturated carbocycles. The Morgan fingerprint density at radius 3 is 1.72 bits per heavy atom. The van der Waals surface area contributed by atoms with Crippen LogP contribution in [0.2, 0.25) is 0 Å². The number of halogens is 1. The number of amides is 2. The molecule has 61 heavy (non-hydrogen) atoms. The summed E-state index contributed by atoms with van der Waals surface area (Å²) in [6.45, 7) is 6.72. The lowest BCUT2D eigenvalue weighted by Crippen LogP contribution is -2.36. The van der Waals surface area contributed by atoms with Gasteiger partial charge in [0.1, 0.15) is 17.0 Å². The van der Waals surface area contributed by atoms with E-state index in [-0.39, 0.29) is 40.6 Å². The van der Waals surface area contributed by atoms with Gasteiger partial charge < -0.3 is 48.1 Å². The molecule has 5 aromatic rings. The van der Waals surface area contributed by atoms with Gasteiger partial charge in [-0.3, -0.25) is 19.2 Å². The highest BCUT2D eigenvalue weighted by Gasteiger charge is 2.31. The van der Waals surface area contributed by atoms with Crippen LogP contribution in [0.4, 0.5) is 21.8 Å². The van der Waals surface area contributed by atoms with Crippen LogP contribution in [-0.2, 0) is 9.47 Å². The molecule has 15 heteroatoms. The summed E-state index contributed by atoms with van der Waals surface area (Å²) in [7, 11) is 6.80. The van der Waals surface area contributed by atoms with Gasteiger partial charge in [-0.05, 0) is 74.7 Å². The van der Waals surface area contributed by atoms with Gasteiger partial charge in [-0.15, -0.1) is 0 Å². The molecule has 4 aliphatic heterocycles. The van der Waals surface area contributed by atoms with E-state index in [1.54, 1.807) is 46.4 Å². The van der Waals surface area contributed by atoms with E-state index < -0.39 is 0 Å². The first-order valence-corrected chi connectivity index (χ1v) is 21.0. The Kier molecular flexibility index (Phi) is 12.4. The van der Waals surface area contributed by atoms with E-state index in [0.29, 0.717) is 97.4 Å². The Hall–Kier alpha value is -5.77. The number of rotatable bonds is 7. The zero-order valence-electron chi connectivity index (χ0n) is 35.2. The molecule has 0 bridgehead atoms. The average Bonchev–Trinajstić information content (AvgIpc) is 4.00. The number of carbonyl (C=O) groups is 2. The Labute approximate surface area is 353 Å². The molecule has 9 rings (SSSR count). The maximum atomic E-state index is 14.0. The van der Waals surface area contributed by atoms with Crippen molar-refractivity contribution >= 4 is 51.2 Å². The summed E-state index contributed by atoms with van der Waals surface area (Å²) < 4.78 is 37.5. The highest BCUT2D eigenvalue weighted by atomic mass is 19.1. The standard InChI is InChI=1S/C26H28FN3O4.C20H25N3O4/c1-28(2)26(32)17-13-20(22-7-4-8-30(22)19-6-3-5-18(27)15-19)25-21(14-17)23(31)16-24(34-25)29-9-11-33-12-10-29;1-22(2)20(25)13-10-14(16-4-3-5-21-16)19-15(11-13)17(24)12-18(27-19)23-6-8-26-9-7-23/h3,5-6,13-16,22H,4,7-12H2,1-2H3;10-12,16,21H,3-9H2,1-2H3. The molecule has 4 saturated heterocycles. The molecule has 0 radical (unpaired) electrons. The second kappa shape index (κ2) is 18.1. The summed E-state index contributed by atoms with van der Waals surface area (Å²) in [6.07, 6.45) is 3.73. The number of carbonyl (C=O) groups excluding carboxylic acids is 2. The molecule has 2 amide bonds. The third-order valence-corrected chi connectivity index (χ3v) is 11.8. The van der Waals surface area contributed by atoms with E-state index in [1.165, 1.54) is 34.1 Å². The number of anilines is 3. The fourth-order valence-corrected chi connectivity index (χ4v) is 8.70. The first kappa shape index (κ1) is 41.9. The Morgan fingerprint density at radius 1 is 0.672 bits per heavy atom. The lowest BCUT2D eigenvalue weighted by Gasteiger charge is -2.29. The summed E-state index contributed by atoms with van der Waals surface area (Å²) >= 11 is 0. The Morgan fingerprint density at radius 2 is 1.21 bits per heavy atom. The molecule has 14 nitrogen and oxygen atoms in total. The van der Waals surface area contributed by atoms with Crippen LogP contribution in [0.15, 0.2) is 79.1 Å². The fraction of sp³-hybridized carbons (Fsp3) is 0.435. The van der Waals surface area contributed by atoms with E-state index in [0.717, 1.165) is 55.6 Å². The minimum Gasteiger partial charge on any atom is -0.440 e. The predicted molar refractivity (Wildman–Crippen MR) is 233 cm³/mol. The maximum absolute atomic E-state index is 14.0. The normalized spacial score (nSPS) is 19.3. The van der Waals surface area contributed by atoms with E-state index in [9.17, 15) is 23.6 Å². The van der Waals surface area contributed by atoms with Gasteiger partial charge in [0.25, 0.3) is 11.8 Å². The van der Waals surface area contributed by atoms with Crippen LogP contribution >= 0.6 is 0 Å². The van der Waals surface area contributed by atoms with Crippen LogP contribution in [0.25, 0.3) is 21.9 Å². The van der Waals surface area contributed by atoms with Crippen LogP contribution in [0.1, 0.15) is 69.6 Å². The van der Waals surface area contributed by atoms with Crippen molar-refractivity contribution in [3.05, 3.63) is 109 Å². The van der Waals surface area contributed by atoms with Crippen molar-refractivity contribution in [1.29, 1.82) is 0 Å². The minimum absolute atomic E-state index is 0.0884. The number of nitrogens with zero attached hydrogens (tertiary/aromatic N) is 5. The number of benzene rings is 3. The number of hydrogen-bond acceptors (Lipinski definition) is 12. The molecular formula is C46H53FN6O8. The van der Waals surface area contributed by atoms with Gasteiger partial charge in [-0.1, -0.05) is 6.07 Å². The van der Waals surface area contributed by atoms with Gasteiger partial charge in [-0.2, -0.15) is 0 Å². The largest absolute Gasteiger partial charge is 0.440 e. The van der Waals surface area contributed by atoms with Gasteiger partial charge in [0.15, 0.2) is 22.6 Å². The average molecular weight is 837 g/mol. The number of hydrogen-bond donors (Lipinski definition) is 1. The fourth-order valence-electron chi connectivity index (χ4n) is 8.70. The number of nitrogens with one attached hydrogen (secondary N) is 1. The Balaban J connectivity index is 0.000000173. The maximum Gasteiger partial charge on any atom is 0.253 e. The monoisotopic (exact) mass is 836 g/mol. The highest BCUT2D eigenvalue weighted by molar-refractivity contribution is 5.99. The van der Waals surface area contributed by atoms with Gasteiger partial charge in [0.2, 0.25) is 0 Å². The summed E-state index contributed by atoms with van der Waals surface area (Å²) in [5.41, 5.74) is 4.15. The van der Waals surface area contributed by atoms with Crippen molar-refractivity contribution in [2.24, 2.45) is 0 Å². The SMILES string of the molecule is CN(C)C(=O)c1cc(C2CCCN2)c2oc(N3CCOCC3)cc(=O)c2c1.CN(C)C(=O)c1cc(C2CCCN2c2cccc(F)c2)c2oc(N3CCOCC3)cc(=O)c2c1. The summed E-state index contributed by atoms with van der Waals surface area (Å²) in [5, 5.41) is 4.30. The minimum atomic E-state index is -0.300. The van der Waals surface area contributed by atoms with E-state index in [1.807, 2.05) is 28.0 Å². The molecule has 322 valence electrons. The molecule has 0 aliphatic carbocycles. The third kappa shape index (κ3) is 8.86. The molecule has 4 aliphatic rings. The van der Waals surface area contributed by atoms with E-state index in [4.69, 9.17) is 18.3 Å². The number of morpholine rings is 2. The van der Waals surface area contributed by atoms with Crippen molar-refractivity contribution in [1.82, 2.24) is 15.1 Å². The Bertz CT molecular complexity index is 2540. The molecule has 3 aromatic carbocycles. The van der Waals surface area contributed by atoms with Gasteiger partial charge in [0, 0.05) is 107 Å². The van der Waals surface area contributed by atoms with Crippen LogP contribution in [0.5, 0.6) is 0 Å². The van der Waals surface area contributed by atoms with Crippen molar-refractivity contribution < 1.29 is 32.3 Å². The van der Waals surface area contributed by atoms with Crippen molar-refractivity contribution in [3.8, 4) is 0 Å². The van der Waals surface area contributed by atoms with Gasteiger partial charge in [-0.25, -0.2) is 4.39 Å². The zero-order chi connectivity index (χ0) is 42.8. The topological polar surface area (TPSA) is 141 Å². The van der Waals surface area contributed by atoms with Crippen molar-refractivity contribution in [2.45, 2.75) is 37.8 Å². The zero-order valence-corrected chi connectivity index (χ0v) is 35.2. The summed E-state index contributed by atoms with van der Waals surface area (Å²) in [6, 6.07) is 16.5. The lowest BCUT2D eigenvalue weighted by molar-refractivity contribution is 0.0820. The second-order valence-corrected chi connectivity index (χ2v) is 16.4. The quantitative estimate of drug-likeness (QED) is 0.219. The lowest BCUT2D eigenvalue weighted by atomic mass is 9.97. The van der Waals surface area contributed by atoms with Crippen molar-refractivity contribution in [2.75, 3.05) is 109 Å². The third-order valence-electron chi connectivity index (χ3n) is 11.8. The predicted octanol–water partition coefficient (Wildman–Crippen LogP) is 5.57. The first-order valence-electron chi connectivity index (χ1n) is 21.0. The molecule has 4 fully saturated rings. The number of fused-ring (bicyclic) bond motifs is 2. The smallest absolute Gasteiger partial charge is 0.253 e. The molecule has 1 N–H and O–H groups in total. The molecule has 0 spiro atoms. The first-order chi connectivity index (χ1) is 29.5. The van der Waals surface area contributed by atoms with E-state index >= 15 is 0 Å². The van der Waals surface area contributed by atoms with Gasteiger partial charge >= 0.3 is 0 Å². The van der Waals surface area contributed by atoms with Crippen molar-refractivity contribution in [3.63, 3.8) is 0 Å². The van der Waals surface area contributed by atoms with E-state index in [2.05, 4.69) is 10.2 Å². The van der Waals surface area contributed by atoms with Gasteiger partial charge in [0.05, 0.1) is 43.2 Å². The molecule has 6 heterocycles. The molecule has 2 atom stereocenters. The number of ether oxygens (including phenoxy) is 2. The highest BCUT2D eigenvalue weighted by Crippen LogP contribution is 2.40. The second-order valence-electron chi connectivity index (χ2n) is 16.4. The summed E-state index contributed by atoms with van der Waals surface area (Å²) in [4.78, 5) is 60.7. The van der Waals surface area contributed by atoms with Crippen LogP contribution in [-0.4, -0.2) is 116 Å². The van der Waals surface area contributed by atoms with Crippen LogP contribution < -0.4 is 30.9 Å².